The average Bonchev–Trinajstić information content (AvgIpc) is 3.34. The number of furan rings is 1. The first-order chi connectivity index (χ1) is 12.1. The number of carbonyl (C=O) groups is 1. The minimum atomic E-state index is -0.134. The zero-order valence-corrected chi connectivity index (χ0v) is 14.5. The molecule has 1 atom stereocenters. The van der Waals surface area contributed by atoms with Crippen LogP contribution in [0.1, 0.15) is 46.3 Å². The van der Waals surface area contributed by atoms with Crippen molar-refractivity contribution in [2.45, 2.75) is 32.7 Å². The highest BCUT2D eigenvalue weighted by Crippen LogP contribution is 2.37. The standard InChI is InChI=1S/C18H20N4O3/c1-11-15(12(2)21(3)20-11)13-6-4-8-22(13)18(23)16-17(25-10-19-16)14-7-5-9-24-14/h5,7,9-10,13H,4,6,8H2,1-3H3. The Balaban J connectivity index is 1.70. The van der Waals surface area contributed by atoms with Gasteiger partial charge in [0, 0.05) is 24.8 Å². The van der Waals surface area contributed by atoms with Crippen molar-refractivity contribution >= 4 is 5.91 Å². The largest absolute Gasteiger partial charge is 0.461 e. The smallest absolute Gasteiger partial charge is 0.277 e. The van der Waals surface area contributed by atoms with Crippen LogP contribution in [-0.2, 0) is 7.05 Å². The monoisotopic (exact) mass is 340 g/mol. The summed E-state index contributed by atoms with van der Waals surface area (Å²) in [5, 5.41) is 4.50. The number of nitrogens with zero attached hydrogens (tertiary/aromatic N) is 4. The predicted molar refractivity (Wildman–Crippen MR) is 89.9 cm³/mol. The van der Waals surface area contributed by atoms with E-state index in [0.29, 0.717) is 23.8 Å². The van der Waals surface area contributed by atoms with Crippen molar-refractivity contribution in [2.24, 2.45) is 7.05 Å². The van der Waals surface area contributed by atoms with Gasteiger partial charge in [-0.15, -0.1) is 0 Å². The van der Waals surface area contributed by atoms with Gasteiger partial charge in [0.1, 0.15) is 0 Å². The molecule has 130 valence electrons. The molecule has 7 heteroatoms. The molecular formula is C18H20N4O3. The Kier molecular flexibility index (Phi) is 3.71. The van der Waals surface area contributed by atoms with E-state index in [4.69, 9.17) is 8.83 Å². The van der Waals surface area contributed by atoms with Gasteiger partial charge in [0.05, 0.1) is 18.0 Å². The van der Waals surface area contributed by atoms with Gasteiger partial charge in [-0.05, 0) is 38.8 Å². The Hall–Kier alpha value is -2.83. The molecule has 3 aromatic heterocycles. The van der Waals surface area contributed by atoms with Crippen LogP contribution >= 0.6 is 0 Å². The van der Waals surface area contributed by atoms with Crippen LogP contribution in [0.25, 0.3) is 11.5 Å². The van der Waals surface area contributed by atoms with Crippen LogP contribution in [0, 0.1) is 13.8 Å². The van der Waals surface area contributed by atoms with Gasteiger partial charge in [0.2, 0.25) is 5.76 Å². The van der Waals surface area contributed by atoms with Gasteiger partial charge < -0.3 is 13.7 Å². The first-order valence-electron chi connectivity index (χ1n) is 8.36. The van der Waals surface area contributed by atoms with Gasteiger partial charge in [-0.1, -0.05) is 0 Å². The molecule has 0 aliphatic carbocycles. The van der Waals surface area contributed by atoms with Gasteiger partial charge in [0.25, 0.3) is 5.91 Å². The normalized spacial score (nSPS) is 17.4. The number of hydrogen-bond acceptors (Lipinski definition) is 5. The number of rotatable bonds is 3. The molecule has 7 nitrogen and oxygen atoms in total. The number of aryl methyl sites for hydroxylation is 2. The second-order valence-corrected chi connectivity index (χ2v) is 6.37. The Morgan fingerprint density at radius 1 is 1.32 bits per heavy atom. The summed E-state index contributed by atoms with van der Waals surface area (Å²) in [5.74, 6) is 0.746. The molecule has 1 aliphatic heterocycles. The van der Waals surface area contributed by atoms with E-state index >= 15 is 0 Å². The maximum atomic E-state index is 13.2. The highest BCUT2D eigenvalue weighted by atomic mass is 16.4. The summed E-state index contributed by atoms with van der Waals surface area (Å²) >= 11 is 0. The topological polar surface area (TPSA) is 77.3 Å². The highest BCUT2D eigenvalue weighted by molar-refractivity contribution is 5.97. The maximum absolute atomic E-state index is 13.2. The molecule has 0 bridgehead atoms. The molecular weight excluding hydrogens is 320 g/mol. The fraction of sp³-hybridized carbons (Fsp3) is 0.389. The quantitative estimate of drug-likeness (QED) is 0.731. The van der Waals surface area contributed by atoms with Crippen LogP contribution in [0.4, 0.5) is 0 Å². The minimum absolute atomic E-state index is 0.0161. The number of hydrogen-bond donors (Lipinski definition) is 0. The molecule has 1 fully saturated rings. The zero-order valence-electron chi connectivity index (χ0n) is 14.5. The number of likely N-dealkylation sites (tertiary alicyclic amines) is 1. The zero-order chi connectivity index (χ0) is 17.6. The van der Waals surface area contributed by atoms with E-state index < -0.39 is 0 Å². The lowest BCUT2D eigenvalue weighted by atomic mass is 10.0. The molecule has 0 spiro atoms. The summed E-state index contributed by atoms with van der Waals surface area (Å²) < 4.78 is 12.7. The van der Waals surface area contributed by atoms with Crippen molar-refractivity contribution < 1.29 is 13.6 Å². The van der Waals surface area contributed by atoms with Crippen LogP contribution in [0.5, 0.6) is 0 Å². The third kappa shape index (κ3) is 2.47. The lowest BCUT2D eigenvalue weighted by Gasteiger charge is -2.24. The molecule has 4 heterocycles. The van der Waals surface area contributed by atoms with Gasteiger partial charge in [-0.2, -0.15) is 5.10 Å². The Bertz CT molecular complexity index is 907. The van der Waals surface area contributed by atoms with E-state index in [0.717, 1.165) is 29.8 Å². The van der Waals surface area contributed by atoms with E-state index in [1.165, 1.54) is 6.39 Å². The number of oxazole rings is 1. The van der Waals surface area contributed by atoms with E-state index in [9.17, 15) is 4.79 Å². The predicted octanol–water partition coefficient (Wildman–Crippen LogP) is 3.26. The van der Waals surface area contributed by atoms with Crippen molar-refractivity contribution in [3.8, 4) is 11.5 Å². The van der Waals surface area contributed by atoms with Crippen LogP contribution in [0.15, 0.2) is 33.6 Å². The SMILES string of the molecule is Cc1nn(C)c(C)c1C1CCCN1C(=O)c1ncoc1-c1ccco1. The second kappa shape index (κ2) is 5.91. The lowest BCUT2D eigenvalue weighted by molar-refractivity contribution is 0.0729. The van der Waals surface area contributed by atoms with E-state index in [-0.39, 0.29) is 11.9 Å². The summed E-state index contributed by atoms with van der Waals surface area (Å²) in [7, 11) is 1.93. The van der Waals surface area contributed by atoms with Gasteiger partial charge >= 0.3 is 0 Å². The van der Waals surface area contributed by atoms with Crippen LogP contribution in [-0.4, -0.2) is 32.1 Å². The second-order valence-electron chi connectivity index (χ2n) is 6.37. The summed E-state index contributed by atoms with van der Waals surface area (Å²) in [5.41, 5.74) is 3.49. The van der Waals surface area contributed by atoms with E-state index in [1.54, 1.807) is 18.4 Å². The van der Waals surface area contributed by atoms with Crippen molar-refractivity contribution in [1.29, 1.82) is 0 Å². The third-order valence-corrected chi connectivity index (χ3v) is 4.93. The highest BCUT2D eigenvalue weighted by Gasteiger charge is 2.36. The molecule has 25 heavy (non-hydrogen) atoms. The Morgan fingerprint density at radius 3 is 2.84 bits per heavy atom. The minimum Gasteiger partial charge on any atom is -0.461 e. The third-order valence-electron chi connectivity index (χ3n) is 4.93. The molecule has 0 saturated carbocycles. The number of carbonyl (C=O) groups excluding carboxylic acids is 1. The van der Waals surface area contributed by atoms with Crippen molar-refractivity contribution in [2.75, 3.05) is 6.54 Å². The molecule has 3 aromatic rings. The van der Waals surface area contributed by atoms with Crippen molar-refractivity contribution in [3.05, 3.63) is 47.4 Å². The molecule has 0 aromatic carbocycles. The Labute approximate surface area is 145 Å². The first kappa shape index (κ1) is 15.7. The summed E-state index contributed by atoms with van der Waals surface area (Å²) in [6.07, 6.45) is 4.72. The van der Waals surface area contributed by atoms with Crippen LogP contribution < -0.4 is 0 Å². The number of amides is 1. The van der Waals surface area contributed by atoms with Crippen molar-refractivity contribution in [1.82, 2.24) is 19.7 Å². The van der Waals surface area contributed by atoms with Crippen LogP contribution in [0.3, 0.4) is 0 Å². The lowest BCUT2D eigenvalue weighted by Crippen LogP contribution is -2.31. The molecule has 1 amide bonds. The fourth-order valence-electron chi connectivity index (χ4n) is 3.70. The van der Waals surface area contributed by atoms with E-state index in [1.807, 2.05) is 30.5 Å². The van der Waals surface area contributed by atoms with Gasteiger partial charge in [0.15, 0.2) is 17.8 Å². The molecule has 1 unspecified atom stereocenters. The maximum Gasteiger partial charge on any atom is 0.277 e. The summed E-state index contributed by atoms with van der Waals surface area (Å²) in [4.78, 5) is 19.2. The van der Waals surface area contributed by atoms with Gasteiger partial charge in [-0.25, -0.2) is 4.98 Å². The summed E-state index contributed by atoms with van der Waals surface area (Å²) in [6, 6.07) is 3.53. The van der Waals surface area contributed by atoms with Crippen LogP contribution in [0.2, 0.25) is 0 Å². The first-order valence-corrected chi connectivity index (χ1v) is 8.36. The van der Waals surface area contributed by atoms with Crippen molar-refractivity contribution in [3.63, 3.8) is 0 Å². The molecule has 4 rings (SSSR count). The molecule has 1 saturated heterocycles. The number of aromatic nitrogens is 3. The fourth-order valence-corrected chi connectivity index (χ4v) is 3.70. The molecule has 0 radical (unpaired) electrons. The average molecular weight is 340 g/mol. The molecule has 0 N–H and O–H groups in total. The summed E-state index contributed by atoms with van der Waals surface area (Å²) in [6.45, 7) is 4.73. The molecule has 1 aliphatic rings. The van der Waals surface area contributed by atoms with Gasteiger partial charge in [-0.3, -0.25) is 9.48 Å². The van der Waals surface area contributed by atoms with E-state index in [2.05, 4.69) is 10.1 Å². The Morgan fingerprint density at radius 2 is 2.16 bits per heavy atom.